The molecule has 0 nitrogen and oxygen atoms in total. The second-order valence-electron chi connectivity index (χ2n) is 7.85. The van der Waals surface area contributed by atoms with Crippen LogP contribution in [0.3, 0.4) is 0 Å². The fourth-order valence-corrected chi connectivity index (χ4v) is 4.17. The highest BCUT2D eigenvalue weighted by Gasteiger charge is 2.21. The van der Waals surface area contributed by atoms with Gasteiger partial charge in [-0.15, -0.1) is 12.1 Å². The molecule has 24 heavy (non-hydrogen) atoms. The third-order valence-electron chi connectivity index (χ3n) is 3.16. The number of allylic oxidation sites excluding steroid dienone is 3. The number of rotatable bonds is 3. The lowest BCUT2D eigenvalue weighted by atomic mass is 10.1. The molecule has 1 aromatic carbocycles. The van der Waals surface area contributed by atoms with E-state index in [9.17, 15) is 0 Å². The zero-order valence-corrected chi connectivity index (χ0v) is 18.4. The molecule has 0 atom stereocenters. The van der Waals surface area contributed by atoms with Gasteiger partial charge in [0.05, 0.1) is 8.07 Å². The van der Waals surface area contributed by atoms with E-state index < -0.39 is 16.1 Å². The van der Waals surface area contributed by atoms with Crippen LogP contribution in [-0.4, -0.2) is 16.1 Å². The minimum absolute atomic E-state index is 0.731. The van der Waals surface area contributed by atoms with Gasteiger partial charge in [0, 0.05) is 16.2 Å². The van der Waals surface area contributed by atoms with E-state index in [0.29, 0.717) is 0 Å². The second-order valence-corrected chi connectivity index (χ2v) is 18.0. The summed E-state index contributed by atoms with van der Waals surface area (Å²) in [5, 5.41) is 1.96. The molecule has 0 aliphatic heterocycles. The van der Waals surface area contributed by atoms with E-state index in [-0.39, 0.29) is 0 Å². The van der Waals surface area contributed by atoms with Gasteiger partial charge in [-0.3, -0.25) is 0 Å². The zero-order chi connectivity index (χ0) is 18.4. The van der Waals surface area contributed by atoms with Crippen LogP contribution in [0, 0.1) is 23.3 Å². The predicted molar refractivity (Wildman–Crippen MR) is 115 cm³/mol. The van der Waals surface area contributed by atoms with Crippen molar-refractivity contribution in [1.29, 1.82) is 0 Å². The zero-order valence-electron chi connectivity index (χ0n) is 15.7. The molecular formula is C21H27ClSi2. The number of benzene rings is 1. The van der Waals surface area contributed by atoms with Crippen LogP contribution in [0.5, 0.6) is 0 Å². The van der Waals surface area contributed by atoms with Crippen LogP contribution >= 0.6 is 11.6 Å². The van der Waals surface area contributed by atoms with Gasteiger partial charge in [0.2, 0.25) is 0 Å². The Kier molecular flexibility index (Phi) is 7.36. The van der Waals surface area contributed by atoms with Crippen molar-refractivity contribution < 1.29 is 0 Å². The summed E-state index contributed by atoms with van der Waals surface area (Å²) in [7, 11) is -3.03. The average Bonchev–Trinajstić information content (AvgIpc) is 2.44. The molecule has 0 saturated heterocycles. The van der Waals surface area contributed by atoms with Crippen LogP contribution in [-0.2, 0) is 0 Å². The molecule has 1 aromatic rings. The Bertz CT molecular complexity index is 734. The van der Waals surface area contributed by atoms with Gasteiger partial charge < -0.3 is 0 Å². The fraction of sp³-hybridized carbons (Fsp3) is 0.333. The summed E-state index contributed by atoms with van der Waals surface area (Å²) in [6.45, 7) is 17.6. The monoisotopic (exact) mass is 370 g/mol. The topological polar surface area (TPSA) is 0 Å². The maximum absolute atomic E-state index is 5.95. The SMILES string of the molecule is C=CC/C(C#C[Si](C)(C)C)=C(/C#Cc1ccc(Cl)cc1)[Si](C)(C)C. The normalized spacial score (nSPS) is 12.3. The van der Waals surface area contributed by atoms with Crippen molar-refractivity contribution >= 4 is 27.7 Å². The number of hydrogen-bond donors (Lipinski definition) is 0. The van der Waals surface area contributed by atoms with E-state index in [1.54, 1.807) is 0 Å². The maximum atomic E-state index is 5.95. The van der Waals surface area contributed by atoms with Gasteiger partial charge in [0.25, 0.3) is 0 Å². The van der Waals surface area contributed by atoms with Crippen molar-refractivity contribution in [3.8, 4) is 23.3 Å². The van der Waals surface area contributed by atoms with Gasteiger partial charge in [-0.1, -0.05) is 74.7 Å². The Morgan fingerprint density at radius 1 is 1.04 bits per heavy atom. The molecule has 0 fully saturated rings. The maximum Gasteiger partial charge on any atom is 0.129 e. The molecule has 1 rings (SSSR count). The van der Waals surface area contributed by atoms with Crippen LogP contribution in [0.15, 0.2) is 47.7 Å². The fourth-order valence-electron chi connectivity index (χ4n) is 2.01. The lowest BCUT2D eigenvalue weighted by molar-refractivity contribution is 1.30. The van der Waals surface area contributed by atoms with Gasteiger partial charge >= 0.3 is 0 Å². The third-order valence-corrected chi connectivity index (χ3v) is 6.22. The summed E-state index contributed by atoms with van der Waals surface area (Å²) in [5.74, 6) is 10.2. The first kappa shape index (κ1) is 20.6. The van der Waals surface area contributed by atoms with Crippen molar-refractivity contribution in [2.45, 2.75) is 45.7 Å². The Morgan fingerprint density at radius 3 is 2.08 bits per heavy atom. The van der Waals surface area contributed by atoms with Gasteiger partial charge in [-0.25, -0.2) is 0 Å². The van der Waals surface area contributed by atoms with Crippen molar-refractivity contribution in [3.05, 3.63) is 58.3 Å². The minimum atomic E-state index is -1.60. The van der Waals surface area contributed by atoms with Gasteiger partial charge in [0.15, 0.2) is 0 Å². The van der Waals surface area contributed by atoms with E-state index in [4.69, 9.17) is 11.6 Å². The van der Waals surface area contributed by atoms with E-state index >= 15 is 0 Å². The molecule has 0 spiro atoms. The molecule has 0 saturated carbocycles. The molecule has 0 heterocycles. The van der Waals surface area contributed by atoms with Gasteiger partial charge in [-0.2, -0.15) is 0 Å². The molecular weight excluding hydrogens is 344 g/mol. The van der Waals surface area contributed by atoms with E-state index in [1.807, 2.05) is 30.3 Å². The van der Waals surface area contributed by atoms with Crippen LogP contribution in [0.1, 0.15) is 12.0 Å². The van der Waals surface area contributed by atoms with Crippen molar-refractivity contribution in [3.63, 3.8) is 0 Å². The van der Waals surface area contributed by atoms with Crippen molar-refractivity contribution in [1.82, 2.24) is 0 Å². The largest absolute Gasteiger partial charge is 0.129 e. The predicted octanol–water partition coefficient (Wildman–Crippen LogP) is 6.32. The molecule has 0 N–H and O–H groups in total. The van der Waals surface area contributed by atoms with Gasteiger partial charge in [-0.05, 0) is 35.9 Å². The van der Waals surface area contributed by atoms with E-state index in [1.165, 1.54) is 5.20 Å². The van der Waals surface area contributed by atoms with E-state index in [2.05, 4.69) is 69.2 Å². The first-order valence-corrected chi connectivity index (χ1v) is 15.6. The Labute approximate surface area is 155 Å². The Hall–Kier alpha value is -1.46. The van der Waals surface area contributed by atoms with E-state index in [0.717, 1.165) is 22.6 Å². The molecule has 126 valence electrons. The highest BCUT2D eigenvalue weighted by Crippen LogP contribution is 2.21. The highest BCUT2D eigenvalue weighted by molar-refractivity contribution is 6.85. The summed E-state index contributed by atoms with van der Waals surface area (Å²) in [4.78, 5) is 0. The molecule has 0 aliphatic rings. The quantitative estimate of drug-likeness (QED) is 0.331. The van der Waals surface area contributed by atoms with Crippen molar-refractivity contribution in [2.24, 2.45) is 0 Å². The molecule has 3 heteroatoms. The summed E-state index contributed by atoms with van der Waals surface area (Å²) < 4.78 is 0. The summed E-state index contributed by atoms with van der Waals surface area (Å²) in [5.41, 5.74) is 5.61. The second kappa shape index (κ2) is 8.59. The number of halogens is 1. The van der Waals surface area contributed by atoms with Crippen LogP contribution in [0.25, 0.3) is 0 Å². The molecule has 0 unspecified atom stereocenters. The highest BCUT2D eigenvalue weighted by atomic mass is 35.5. The molecule has 0 bridgehead atoms. The first-order chi connectivity index (χ1) is 11.0. The first-order valence-electron chi connectivity index (χ1n) is 8.18. The molecule has 0 amide bonds. The number of hydrogen-bond acceptors (Lipinski definition) is 0. The molecule has 0 radical (unpaired) electrons. The summed E-state index contributed by atoms with van der Waals surface area (Å²) >= 11 is 5.95. The standard InChI is InChI=1S/C21H27ClSi2/c1-8-9-19(16-17-23(2,3)4)21(24(5,6)7)15-12-18-10-13-20(22)14-11-18/h8,10-11,13-14H,1,9H2,2-7H3/b21-19+. The third kappa shape index (κ3) is 7.41. The lowest BCUT2D eigenvalue weighted by Gasteiger charge is -2.18. The smallest absolute Gasteiger partial charge is 0.127 e. The van der Waals surface area contributed by atoms with Crippen LogP contribution in [0.2, 0.25) is 44.3 Å². The average molecular weight is 371 g/mol. The van der Waals surface area contributed by atoms with Crippen molar-refractivity contribution in [2.75, 3.05) is 0 Å². The van der Waals surface area contributed by atoms with Gasteiger partial charge in [0.1, 0.15) is 8.07 Å². The Morgan fingerprint density at radius 2 is 1.62 bits per heavy atom. The minimum Gasteiger partial charge on any atom is -0.127 e. The van der Waals surface area contributed by atoms with Crippen LogP contribution in [0.4, 0.5) is 0 Å². The summed E-state index contributed by atoms with van der Waals surface area (Å²) in [6.07, 6.45) is 2.71. The summed E-state index contributed by atoms with van der Waals surface area (Å²) in [6, 6.07) is 7.66. The Balaban J connectivity index is 3.43. The lowest BCUT2D eigenvalue weighted by Crippen LogP contribution is -2.25. The molecule has 0 aliphatic carbocycles. The molecule has 0 aromatic heterocycles. The van der Waals surface area contributed by atoms with Crippen LogP contribution < -0.4 is 0 Å².